The number of nitrogens with one attached hydrogen (secondary N) is 3. The van der Waals surface area contributed by atoms with E-state index in [0.717, 1.165) is 25.0 Å². The summed E-state index contributed by atoms with van der Waals surface area (Å²) in [5.74, 6) is -0.579. The van der Waals surface area contributed by atoms with Crippen LogP contribution in [0.1, 0.15) is 19.8 Å². The molecule has 1 aliphatic carbocycles. The topological polar surface area (TPSA) is 135 Å². The first-order chi connectivity index (χ1) is 20.2. The first kappa shape index (κ1) is 30.7. The van der Waals surface area contributed by atoms with Gasteiger partial charge in [-0.05, 0) is 57.0 Å². The van der Waals surface area contributed by atoms with Gasteiger partial charge >= 0.3 is 5.97 Å². The smallest absolute Gasteiger partial charge is 0.320 e. The molecule has 0 atom stereocenters. The molecule has 222 valence electrons. The second kappa shape index (κ2) is 14.6. The molecule has 0 spiro atoms. The Labute approximate surface area is 247 Å². The number of aromatic nitrogens is 2. The van der Waals surface area contributed by atoms with Crippen LogP contribution in [0.3, 0.4) is 0 Å². The van der Waals surface area contributed by atoms with Crippen LogP contribution < -0.4 is 20.7 Å². The Balaban J connectivity index is 1.44. The number of rotatable bonds is 14. The molecule has 4 rings (SSSR count). The molecule has 11 nitrogen and oxygen atoms in total. The maximum absolute atomic E-state index is 13.6. The van der Waals surface area contributed by atoms with Crippen molar-refractivity contribution < 1.29 is 28.2 Å². The maximum atomic E-state index is 13.6. The van der Waals surface area contributed by atoms with Gasteiger partial charge in [0.05, 0.1) is 36.0 Å². The van der Waals surface area contributed by atoms with Gasteiger partial charge in [0, 0.05) is 42.4 Å². The number of likely N-dealkylation sites (N-methyl/N-ethyl adjacent to an activating group) is 1. The van der Waals surface area contributed by atoms with Crippen LogP contribution in [0.4, 0.5) is 21.6 Å². The lowest BCUT2D eigenvalue weighted by Gasteiger charge is -2.15. The number of hydrogen-bond donors (Lipinski definition) is 3. The van der Waals surface area contributed by atoms with Crippen molar-refractivity contribution in [1.29, 1.82) is 0 Å². The zero-order valence-electron chi connectivity index (χ0n) is 23.3. The summed E-state index contributed by atoms with van der Waals surface area (Å²) in [7, 11) is 1.74. The molecule has 1 aromatic heterocycles. The van der Waals surface area contributed by atoms with Crippen molar-refractivity contribution in [1.82, 2.24) is 20.2 Å². The molecule has 3 aromatic rings. The number of amides is 2. The molecule has 1 fully saturated rings. The monoisotopic (exact) mass is 598 g/mol. The summed E-state index contributed by atoms with van der Waals surface area (Å²) in [6, 6.07) is 7.60. The number of nitrogens with zero attached hydrogens (tertiary/aromatic N) is 3. The highest BCUT2D eigenvalue weighted by Crippen LogP contribution is 2.36. The van der Waals surface area contributed by atoms with E-state index < -0.39 is 17.6 Å². The Morgan fingerprint density at radius 2 is 1.93 bits per heavy atom. The number of benzene rings is 2. The molecular weight excluding hydrogens is 567 g/mol. The molecule has 1 heterocycles. The molecule has 0 aliphatic heterocycles. The van der Waals surface area contributed by atoms with Gasteiger partial charge in [0.25, 0.3) is 0 Å². The van der Waals surface area contributed by atoms with Gasteiger partial charge in [-0.3, -0.25) is 19.3 Å². The third-order valence-electron chi connectivity index (χ3n) is 6.23. The van der Waals surface area contributed by atoms with Gasteiger partial charge < -0.3 is 25.4 Å². The summed E-state index contributed by atoms with van der Waals surface area (Å²) in [6.07, 6.45) is 5.80. The van der Waals surface area contributed by atoms with Gasteiger partial charge in [-0.1, -0.05) is 11.6 Å². The van der Waals surface area contributed by atoms with Crippen LogP contribution >= 0.6 is 11.6 Å². The number of carbonyl (C=O) groups excluding carboxylic acids is 3. The third-order valence-corrected chi connectivity index (χ3v) is 6.52. The predicted octanol–water partition coefficient (Wildman–Crippen LogP) is 4.06. The van der Waals surface area contributed by atoms with E-state index in [0.29, 0.717) is 59.5 Å². The molecule has 13 heteroatoms. The standard InChI is InChI=1S/C29H32ClFN6O5/c1-3-41-28(40)15-37(2)11-10-32-26(38)8-9-27(39)36-24-13-20-23(14-25(24)42-16-18-4-5-18)33-17-34-29(20)35-19-6-7-22(31)21(30)12-19/h6-9,12-14,17-18H,3-5,10-11,15-16H2,1-2H3,(H,32,38)(H,36,39)(H,33,34,35)/b9-8+. The maximum Gasteiger partial charge on any atom is 0.320 e. The molecule has 0 saturated heterocycles. The van der Waals surface area contributed by atoms with Crippen LogP contribution in [0.25, 0.3) is 10.9 Å². The van der Waals surface area contributed by atoms with E-state index >= 15 is 0 Å². The molecule has 2 amide bonds. The SMILES string of the molecule is CCOC(=O)CN(C)CCNC(=O)/C=C/C(=O)Nc1cc2c(Nc3ccc(F)c(Cl)c3)ncnc2cc1OCC1CC1. The zero-order valence-corrected chi connectivity index (χ0v) is 24.0. The minimum atomic E-state index is -0.545. The van der Waals surface area contributed by atoms with E-state index in [1.54, 1.807) is 31.0 Å². The summed E-state index contributed by atoms with van der Waals surface area (Å²) in [5.41, 5.74) is 1.45. The largest absolute Gasteiger partial charge is 0.491 e. The molecule has 2 aromatic carbocycles. The molecule has 3 N–H and O–H groups in total. The second-order valence-corrected chi connectivity index (χ2v) is 10.2. The van der Waals surface area contributed by atoms with Crippen LogP contribution in [0, 0.1) is 11.7 Å². The van der Waals surface area contributed by atoms with Crippen molar-refractivity contribution in [3.8, 4) is 5.75 Å². The van der Waals surface area contributed by atoms with E-state index in [2.05, 4.69) is 25.9 Å². The van der Waals surface area contributed by atoms with Gasteiger partial charge in [-0.15, -0.1) is 0 Å². The molecule has 42 heavy (non-hydrogen) atoms. The van der Waals surface area contributed by atoms with Crippen molar-refractivity contribution >= 4 is 57.5 Å². The number of fused-ring (bicyclic) bond motifs is 1. The van der Waals surface area contributed by atoms with Crippen LogP contribution in [-0.4, -0.2) is 72.5 Å². The summed E-state index contributed by atoms with van der Waals surface area (Å²) in [5, 5.41) is 9.08. The highest BCUT2D eigenvalue weighted by molar-refractivity contribution is 6.31. The Hall–Kier alpha value is -4.29. The van der Waals surface area contributed by atoms with Gasteiger partial charge in [0.15, 0.2) is 0 Å². The molecule has 0 bridgehead atoms. The van der Waals surface area contributed by atoms with Crippen molar-refractivity contribution in [2.24, 2.45) is 5.92 Å². The van der Waals surface area contributed by atoms with E-state index in [9.17, 15) is 18.8 Å². The van der Waals surface area contributed by atoms with Crippen LogP contribution in [0.2, 0.25) is 5.02 Å². The van der Waals surface area contributed by atoms with E-state index in [-0.39, 0.29) is 24.1 Å². The first-order valence-electron chi connectivity index (χ1n) is 13.5. The average molecular weight is 599 g/mol. The number of halogens is 2. The Kier molecular flexibility index (Phi) is 10.6. The Morgan fingerprint density at radius 3 is 2.67 bits per heavy atom. The minimum absolute atomic E-state index is 0.0402. The lowest BCUT2D eigenvalue weighted by atomic mass is 10.1. The van der Waals surface area contributed by atoms with E-state index in [1.165, 1.54) is 24.5 Å². The van der Waals surface area contributed by atoms with Crippen LogP contribution in [0.5, 0.6) is 5.75 Å². The van der Waals surface area contributed by atoms with Crippen molar-refractivity contribution in [2.75, 3.05) is 50.5 Å². The summed E-state index contributed by atoms with van der Waals surface area (Å²) >= 11 is 5.92. The summed E-state index contributed by atoms with van der Waals surface area (Å²) < 4.78 is 24.5. The van der Waals surface area contributed by atoms with E-state index in [4.69, 9.17) is 21.1 Å². The molecular formula is C29H32ClFN6O5. The normalized spacial score (nSPS) is 12.9. The lowest BCUT2D eigenvalue weighted by molar-refractivity contribution is -0.144. The molecule has 1 saturated carbocycles. The number of anilines is 3. The van der Waals surface area contributed by atoms with Gasteiger partial charge in [0.2, 0.25) is 11.8 Å². The molecule has 0 radical (unpaired) electrons. The number of esters is 1. The quantitative estimate of drug-likeness (QED) is 0.185. The molecule has 1 aliphatic rings. The highest BCUT2D eigenvalue weighted by Gasteiger charge is 2.23. The minimum Gasteiger partial charge on any atom is -0.491 e. The molecule has 0 unspecified atom stereocenters. The lowest BCUT2D eigenvalue weighted by Crippen LogP contribution is -2.35. The third kappa shape index (κ3) is 9.11. The van der Waals surface area contributed by atoms with Crippen LogP contribution in [-0.2, 0) is 19.1 Å². The number of ether oxygens (including phenoxy) is 2. The van der Waals surface area contributed by atoms with Gasteiger partial charge in [-0.25, -0.2) is 14.4 Å². The second-order valence-electron chi connectivity index (χ2n) is 9.75. The summed E-state index contributed by atoms with van der Waals surface area (Å²) in [4.78, 5) is 46.9. The predicted molar refractivity (Wildman–Crippen MR) is 157 cm³/mol. The fraction of sp³-hybridized carbons (Fsp3) is 0.345. The van der Waals surface area contributed by atoms with E-state index in [1.807, 2.05) is 0 Å². The zero-order chi connectivity index (χ0) is 30.1. The summed E-state index contributed by atoms with van der Waals surface area (Å²) in [6.45, 7) is 3.35. The fourth-order valence-electron chi connectivity index (χ4n) is 3.86. The Bertz CT molecular complexity index is 1480. The number of hydrogen-bond acceptors (Lipinski definition) is 9. The number of carbonyl (C=O) groups is 3. The van der Waals surface area contributed by atoms with Crippen molar-refractivity contribution in [3.63, 3.8) is 0 Å². The highest BCUT2D eigenvalue weighted by atomic mass is 35.5. The van der Waals surface area contributed by atoms with Gasteiger partial charge in [-0.2, -0.15) is 0 Å². The Morgan fingerprint density at radius 1 is 1.14 bits per heavy atom. The van der Waals surface area contributed by atoms with Crippen molar-refractivity contribution in [3.05, 3.63) is 59.7 Å². The van der Waals surface area contributed by atoms with Gasteiger partial charge in [0.1, 0.15) is 23.7 Å². The first-order valence-corrected chi connectivity index (χ1v) is 13.8. The average Bonchev–Trinajstić information content (AvgIpc) is 3.78. The van der Waals surface area contributed by atoms with Crippen LogP contribution in [0.15, 0.2) is 48.8 Å². The fourth-order valence-corrected chi connectivity index (χ4v) is 4.04. The van der Waals surface area contributed by atoms with Crippen molar-refractivity contribution in [2.45, 2.75) is 19.8 Å².